The largest absolute Gasteiger partial charge is 0.367 e. The van der Waals surface area contributed by atoms with Crippen LogP contribution in [-0.4, -0.2) is 63.6 Å². The lowest BCUT2D eigenvalue weighted by atomic mass is 10.1. The standard InChI is InChI=1S/C27H29N7O2/c35-25(5-6-26-31-27(32-36-26)22-9-14-29-15-10-22)30-23-3-1-2-4-24(23)34-19-17-33(18-20-34)16-11-21-7-12-28-13-8-21/h1-4,7-10,12-15H,5-6,11,16-20H2,(H,30,35). The Morgan fingerprint density at radius 3 is 2.39 bits per heavy atom. The van der Waals surface area contributed by atoms with Gasteiger partial charge in [0.15, 0.2) is 0 Å². The van der Waals surface area contributed by atoms with Crippen molar-refractivity contribution in [2.45, 2.75) is 19.3 Å². The van der Waals surface area contributed by atoms with Gasteiger partial charge in [-0.3, -0.25) is 19.7 Å². The highest BCUT2D eigenvalue weighted by molar-refractivity contribution is 5.94. The van der Waals surface area contributed by atoms with Crippen LogP contribution in [0.5, 0.6) is 0 Å². The van der Waals surface area contributed by atoms with Crippen molar-refractivity contribution in [3.05, 3.63) is 84.8 Å². The Morgan fingerprint density at radius 2 is 1.61 bits per heavy atom. The van der Waals surface area contributed by atoms with Crippen molar-refractivity contribution in [2.75, 3.05) is 42.9 Å². The number of carbonyl (C=O) groups excluding carboxylic acids is 1. The van der Waals surface area contributed by atoms with Crippen molar-refractivity contribution in [1.29, 1.82) is 0 Å². The van der Waals surface area contributed by atoms with E-state index in [1.165, 1.54) is 5.56 Å². The molecule has 1 amide bonds. The van der Waals surface area contributed by atoms with Gasteiger partial charge in [0.1, 0.15) is 0 Å². The lowest BCUT2D eigenvalue weighted by Crippen LogP contribution is -2.47. The summed E-state index contributed by atoms with van der Waals surface area (Å²) in [5.41, 5.74) is 4.03. The topological polar surface area (TPSA) is 100 Å². The van der Waals surface area contributed by atoms with Crippen molar-refractivity contribution in [3.8, 4) is 11.4 Å². The minimum absolute atomic E-state index is 0.0814. The van der Waals surface area contributed by atoms with E-state index in [1.807, 2.05) is 42.7 Å². The Balaban J connectivity index is 1.12. The average Bonchev–Trinajstić information content (AvgIpc) is 3.42. The number of carbonyl (C=O) groups is 1. The van der Waals surface area contributed by atoms with Gasteiger partial charge in [-0.1, -0.05) is 17.3 Å². The number of amides is 1. The molecule has 0 aliphatic carbocycles. The summed E-state index contributed by atoms with van der Waals surface area (Å²) in [6, 6.07) is 15.8. The molecular weight excluding hydrogens is 454 g/mol. The maximum absolute atomic E-state index is 12.7. The fourth-order valence-electron chi connectivity index (χ4n) is 4.31. The van der Waals surface area contributed by atoms with Crippen LogP contribution in [0.2, 0.25) is 0 Å². The molecule has 1 aromatic carbocycles. The molecule has 3 aromatic heterocycles. The monoisotopic (exact) mass is 483 g/mol. The number of aromatic nitrogens is 4. The summed E-state index contributed by atoms with van der Waals surface area (Å²) < 4.78 is 5.32. The van der Waals surface area contributed by atoms with Gasteiger partial charge in [0.2, 0.25) is 17.6 Å². The molecule has 36 heavy (non-hydrogen) atoms. The van der Waals surface area contributed by atoms with Gasteiger partial charge in [-0.05, 0) is 48.4 Å². The Hall–Kier alpha value is -4.11. The van der Waals surface area contributed by atoms with E-state index in [0.717, 1.165) is 56.1 Å². The molecule has 1 saturated heterocycles. The second-order valence-corrected chi connectivity index (χ2v) is 8.75. The molecule has 0 spiro atoms. The first-order valence-corrected chi connectivity index (χ1v) is 12.2. The normalized spacial score (nSPS) is 14.1. The van der Waals surface area contributed by atoms with Crippen molar-refractivity contribution in [2.24, 2.45) is 0 Å². The molecule has 9 heteroatoms. The average molecular weight is 484 g/mol. The van der Waals surface area contributed by atoms with Gasteiger partial charge in [0.05, 0.1) is 11.4 Å². The molecule has 0 atom stereocenters. The SMILES string of the molecule is O=C(CCc1nc(-c2ccncc2)no1)Nc1ccccc1N1CCN(CCc2ccncc2)CC1. The molecular formula is C27H29N7O2. The van der Waals surface area contributed by atoms with Gasteiger partial charge in [-0.2, -0.15) is 4.98 Å². The molecule has 4 aromatic rings. The van der Waals surface area contributed by atoms with Crippen LogP contribution in [-0.2, 0) is 17.6 Å². The third kappa shape index (κ3) is 6.11. The second kappa shape index (κ2) is 11.5. The zero-order chi connectivity index (χ0) is 24.6. The third-order valence-corrected chi connectivity index (χ3v) is 6.33. The predicted octanol–water partition coefficient (Wildman–Crippen LogP) is 3.46. The molecule has 9 nitrogen and oxygen atoms in total. The number of pyridine rings is 2. The van der Waals surface area contributed by atoms with E-state index in [2.05, 4.69) is 53.4 Å². The first-order chi connectivity index (χ1) is 17.7. The zero-order valence-electron chi connectivity index (χ0n) is 20.1. The molecule has 5 rings (SSSR count). The highest BCUT2D eigenvalue weighted by Crippen LogP contribution is 2.27. The lowest BCUT2D eigenvalue weighted by Gasteiger charge is -2.37. The van der Waals surface area contributed by atoms with Crippen molar-refractivity contribution in [1.82, 2.24) is 25.0 Å². The maximum atomic E-state index is 12.7. The van der Waals surface area contributed by atoms with Crippen molar-refractivity contribution in [3.63, 3.8) is 0 Å². The number of rotatable bonds is 9. The van der Waals surface area contributed by atoms with E-state index < -0.39 is 0 Å². The minimum atomic E-state index is -0.0814. The summed E-state index contributed by atoms with van der Waals surface area (Å²) in [6.07, 6.45) is 8.72. The molecule has 0 saturated carbocycles. The van der Waals surface area contributed by atoms with E-state index in [1.54, 1.807) is 12.4 Å². The van der Waals surface area contributed by atoms with E-state index >= 15 is 0 Å². The second-order valence-electron chi connectivity index (χ2n) is 8.75. The lowest BCUT2D eigenvalue weighted by molar-refractivity contribution is -0.116. The number of hydrogen-bond donors (Lipinski definition) is 1. The van der Waals surface area contributed by atoms with Crippen LogP contribution in [0.25, 0.3) is 11.4 Å². The molecule has 4 heterocycles. The number of piperazine rings is 1. The van der Waals surface area contributed by atoms with Gasteiger partial charge >= 0.3 is 0 Å². The molecule has 184 valence electrons. The Kier molecular flexibility index (Phi) is 7.58. The predicted molar refractivity (Wildman–Crippen MR) is 138 cm³/mol. The number of nitrogens with zero attached hydrogens (tertiary/aromatic N) is 6. The fraction of sp³-hybridized carbons (Fsp3) is 0.296. The quantitative estimate of drug-likeness (QED) is 0.386. The zero-order valence-corrected chi connectivity index (χ0v) is 20.1. The molecule has 0 unspecified atom stereocenters. The Labute approximate surface area is 210 Å². The molecule has 0 radical (unpaired) electrons. The number of hydrogen-bond acceptors (Lipinski definition) is 8. The Morgan fingerprint density at radius 1 is 0.889 bits per heavy atom. The highest BCUT2D eigenvalue weighted by atomic mass is 16.5. The van der Waals surface area contributed by atoms with E-state index in [-0.39, 0.29) is 12.3 Å². The van der Waals surface area contributed by atoms with Gasteiger partial charge in [0.25, 0.3) is 0 Å². The van der Waals surface area contributed by atoms with Crippen LogP contribution in [0.15, 0.2) is 77.8 Å². The van der Waals surface area contributed by atoms with Crippen LogP contribution >= 0.6 is 0 Å². The van der Waals surface area contributed by atoms with E-state index in [4.69, 9.17) is 4.52 Å². The summed E-state index contributed by atoms with van der Waals surface area (Å²) in [7, 11) is 0. The Bertz CT molecular complexity index is 1260. The van der Waals surface area contributed by atoms with Gasteiger partial charge in [0, 0.05) is 75.9 Å². The van der Waals surface area contributed by atoms with Crippen LogP contribution in [0, 0.1) is 0 Å². The summed E-state index contributed by atoms with van der Waals surface area (Å²) in [5, 5.41) is 7.08. The smallest absolute Gasteiger partial charge is 0.227 e. The summed E-state index contributed by atoms with van der Waals surface area (Å²) >= 11 is 0. The maximum Gasteiger partial charge on any atom is 0.227 e. The number of benzene rings is 1. The van der Waals surface area contributed by atoms with Crippen molar-refractivity contribution >= 4 is 17.3 Å². The number of anilines is 2. The molecule has 1 aliphatic rings. The van der Waals surface area contributed by atoms with E-state index in [0.29, 0.717) is 18.1 Å². The number of nitrogens with one attached hydrogen (secondary N) is 1. The van der Waals surface area contributed by atoms with Crippen LogP contribution in [0.4, 0.5) is 11.4 Å². The molecule has 1 aliphatic heterocycles. The third-order valence-electron chi connectivity index (χ3n) is 6.33. The van der Waals surface area contributed by atoms with Gasteiger partial charge in [-0.15, -0.1) is 0 Å². The van der Waals surface area contributed by atoms with Crippen LogP contribution in [0.3, 0.4) is 0 Å². The first kappa shape index (κ1) is 23.6. The molecule has 0 bridgehead atoms. The summed E-state index contributed by atoms with van der Waals surface area (Å²) in [6.45, 7) is 4.86. The molecule has 1 N–H and O–H groups in total. The highest BCUT2D eigenvalue weighted by Gasteiger charge is 2.20. The van der Waals surface area contributed by atoms with Crippen LogP contribution < -0.4 is 10.2 Å². The minimum Gasteiger partial charge on any atom is -0.367 e. The number of para-hydroxylation sites is 2. The van der Waals surface area contributed by atoms with E-state index in [9.17, 15) is 4.79 Å². The van der Waals surface area contributed by atoms with Gasteiger partial charge in [-0.25, -0.2) is 0 Å². The molecule has 1 fully saturated rings. The van der Waals surface area contributed by atoms with Gasteiger partial charge < -0.3 is 14.7 Å². The summed E-state index contributed by atoms with van der Waals surface area (Å²) in [5.74, 6) is 0.855. The van der Waals surface area contributed by atoms with Crippen molar-refractivity contribution < 1.29 is 9.32 Å². The first-order valence-electron chi connectivity index (χ1n) is 12.2. The fourth-order valence-corrected chi connectivity index (χ4v) is 4.31. The summed E-state index contributed by atoms with van der Waals surface area (Å²) in [4.78, 5) is 30.0. The van der Waals surface area contributed by atoms with Crippen LogP contribution in [0.1, 0.15) is 17.9 Å². The number of aryl methyl sites for hydroxylation is 1.